The van der Waals surface area contributed by atoms with Crippen LogP contribution in [0.25, 0.3) is 0 Å². The van der Waals surface area contributed by atoms with Gasteiger partial charge in [0.25, 0.3) is 0 Å². The van der Waals surface area contributed by atoms with Gasteiger partial charge in [0.15, 0.2) is 0 Å². The summed E-state index contributed by atoms with van der Waals surface area (Å²) in [7, 11) is 0. The number of H-pyrrole nitrogens is 1. The summed E-state index contributed by atoms with van der Waals surface area (Å²) >= 11 is 0. The Kier molecular flexibility index (Phi) is 2.32. The molecule has 70 valence electrons. The molecule has 0 unspecified atom stereocenters. The van der Waals surface area contributed by atoms with Gasteiger partial charge in [0.05, 0.1) is 6.42 Å². The minimum Gasteiger partial charge on any atom is -0.481 e. The van der Waals surface area contributed by atoms with Gasteiger partial charge in [-0.05, 0) is 6.92 Å². The van der Waals surface area contributed by atoms with E-state index in [0.717, 1.165) is 0 Å². The van der Waals surface area contributed by atoms with Crippen LogP contribution < -0.4 is 11.4 Å². The van der Waals surface area contributed by atoms with Crippen molar-refractivity contribution in [3.63, 3.8) is 0 Å². The molecule has 0 fully saturated rings. The van der Waals surface area contributed by atoms with Crippen molar-refractivity contribution in [2.75, 3.05) is 5.73 Å². The summed E-state index contributed by atoms with van der Waals surface area (Å²) in [5.74, 6) is -1.03. The van der Waals surface area contributed by atoms with Gasteiger partial charge in [-0.1, -0.05) is 0 Å². The van der Waals surface area contributed by atoms with E-state index >= 15 is 0 Å². The van der Waals surface area contributed by atoms with Gasteiger partial charge in [-0.25, -0.2) is 4.79 Å². The number of anilines is 1. The molecule has 0 spiro atoms. The average molecular weight is 183 g/mol. The highest BCUT2D eigenvalue weighted by atomic mass is 16.4. The molecular weight excluding hydrogens is 174 g/mol. The number of nitrogen functional groups attached to an aromatic ring is 1. The third kappa shape index (κ3) is 2.05. The number of hydrogen-bond acceptors (Lipinski definition) is 4. The molecule has 0 amide bonds. The molecule has 1 aromatic rings. The molecule has 6 nitrogen and oxygen atoms in total. The summed E-state index contributed by atoms with van der Waals surface area (Å²) in [6.07, 6.45) is -0.235. The summed E-state index contributed by atoms with van der Waals surface area (Å²) in [6.45, 7) is 1.58. The highest BCUT2D eigenvalue weighted by Gasteiger charge is 2.09. The number of nitrogens with one attached hydrogen (secondary N) is 1. The Morgan fingerprint density at radius 3 is 2.77 bits per heavy atom. The normalized spacial score (nSPS) is 9.92. The summed E-state index contributed by atoms with van der Waals surface area (Å²) < 4.78 is 0. The van der Waals surface area contributed by atoms with Crippen LogP contribution in [-0.2, 0) is 11.2 Å². The summed E-state index contributed by atoms with van der Waals surface area (Å²) in [4.78, 5) is 26.9. The van der Waals surface area contributed by atoms with E-state index in [-0.39, 0.29) is 12.2 Å². The highest BCUT2D eigenvalue weighted by Crippen LogP contribution is 2.09. The average Bonchev–Trinajstić information content (AvgIpc) is 1.96. The number of rotatable bonds is 2. The summed E-state index contributed by atoms with van der Waals surface area (Å²) in [5, 5.41) is 8.51. The van der Waals surface area contributed by atoms with Gasteiger partial charge in [0.1, 0.15) is 5.82 Å². The van der Waals surface area contributed by atoms with E-state index in [9.17, 15) is 9.59 Å². The van der Waals surface area contributed by atoms with Crippen molar-refractivity contribution < 1.29 is 9.90 Å². The molecule has 0 aliphatic heterocycles. The van der Waals surface area contributed by atoms with E-state index in [1.807, 2.05) is 0 Å². The number of carbonyl (C=O) groups is 1. The molecule has 13 heavy (non-hydrogen) atoms. The van der Waals surface area contributed by atoms with Crippen molar-refractivity contribution in [2.24, 2.45) is 0 Å². The molecule has 0 aromatic carbocycles. The number of nitrogens with two attached hydrogens (primary N) is 1. The summed E-state index contributed by atoms with van der Waals surface area (Å²) in [5.41, 5.74) is 5.61. The van der Waals surface area contributed by atoms with E-state index in [1.165, 1.54) is 0 Å². The SMILES string of the molecule is Cc1[nH]c(=O)nc(N)c1CC(=O)O. The summed E-state index contributed by atoms with van der Waals surface area (Å²) in [6, 6.07) is 0. The number of aromatic amines is 1. The topological polar surface area (TPSA) is 109 Å². The van der Waals surface area contributed by atoms with Gasteiger partial charge in [-0.3, -0.25) is 4.79 Å². The first-order chi connectivity index (χ1) is 6.00. The fraction of sp³-hybridized carbons (Fsp3) is 0.286. The van der Waals surface area contributed by atoms with Crippen molar-refractivity contribution >= 4 is 11.8 Å². The van der Waals surface area contributed by atoms with Gasteiger partial charge in [0, 0.05) is 11.3 Å². The Balaban J connectivity index is 3.20. The van der Waals surface area contributed by atoms with E-state index in [0.29, 0.717) is 11.3 Å². The third-order valence-corrected chi connectivity index (χ3v) is 1.61. The minimum atomic E-state index is -1.01. The van der Waals surface area contributed by atoms with Crippen molar-refractivity contribution in [1.82, 2.24) is 9.97 Å². The van der Waals surface area contributed by atoms with Gasteiger partial charge >= 0.3 is 11.7 Å². The van der Waals surface area contributed by atoms with Crippen molar-refractivity contribution in [3.05, 3.63) is 21.7 Å². The molecule has 4 N–H and O–H groups in total. The van der Waals surface area contributed by atoms with E-state index < -0.39 is 11.7 Å². The van der Waals surface area contributed by atoms with E-state index in [2.05, 4.69) is 9.97 Å². The Labute approximate surface area is 73.4 Å². The lowest BCUT2D eigenvalue weighted by molar-refractivity contribution is -0.136. The Hall–Kier alpha value is -1.85. The number of aryl methyl sites for hydroxylation is 1. The first-order valence-corrected chi connectivity index (χ1v) is 3.57. The van der Waals surface area contributed by atoms with Gasteiger partial charge in [0.2, 0.25) is 0 Å². The Morgan fingerprint density at radius 1 is 1.69 bits per heavy atom. The largest absolute Gasteiger partial charge is 0.481 e. The number of hydrogen-bond donors (Lipinski definition) is 3. The highest BCUT2D eigenvalue weighted by molar-refractivity contribution is 5.72. The maximum Gasteiger partial charge on any atom is 0.347 e. The molecule has 0 aliphatic carbocycles. The monoisotopic (exact) mass is 183 g/mol. The fourth-order valence-electron chi connectivity index (χ4n) is 1.01. The third-order valence-electron chi connectivity index (χ3n) is 1.61. The molecule has 0 atom stereocenters. The minimum absolute atomic E-state index is 0.0244. The number of carboxylic acid groups (broad SMARTS) is 1. The Bertz CT molecular complexity index is 370. The second-order valence-electron chi connectivity index (χ2n) is 2.60. The molecule has 0 radical (unpaired) electrons. The number of aromatic nitrogens is 2. The van der Waals surface area contributed by atoms with Crippen LogP contribution in [0.1, 0.15) is 11.3 Å². The standard InChI is InChI=1S/C7H9N3O3/c1-3-4(2-5(11)12)6(8)10-7(13)9-3/h2H2,1H3,(H,11,12)(H3,8,9,10,13). The van der Waals surface area contributed by atoms with E-state index in [1.54, 1.807) is 6.92 Å². The number of aliphatic carboxylic acids is 1. The lowest BCUT2D eigenvalue weighted by Crippen LogP contribution is -2.18. The molecule has 1 aromatic heterocycles. The molecular formula is C7H9N3O3. The molecule has 0 saturated heterocycles. The number of carboxylic acids is 1. The van der Waals surface area contributed by atoms with Crippen LogP contribution >= 0.6 is 0 Å². The van der Waals surface area contributed by atoms with E-state index in [4.69, 9.17) is 10.8 Å². The molecule has 1 rings (SSSR count). The van der Waals surface area contributed by atoms with Crippen molar-refractivity contribution in [2.45, 2.75) is 13.3 Å². The molecule has 0 bridgehead atoms. The predicted molar refractivity (Wildman–Crippen MR) is 45.3 cm³/mol. The van der Waals surface area contributed by atoms with Crippen LogP contribution in [0.2, 0.25) is 0 Å². The lowest BCUT2D eigenvalue weighted by atomic mass is 10.1. The maximum atomic E-state index is 10.8. The van der Waals surface area contributed by atoms with Crippen molar-refractivity contribution in [1.29, 1.82) is 0 Å². The second kappa shape index (κ2) is 3.26. The van der Waals surface area contributed by atoms with Crippen LogP contribution in [-0.4, -0.2) is 21.0 Å². The predicted octanol–water partition coefficient (Wildman–Crippen LogP) is -0.712. The van der Waals surface area contributed by atoms with Crippen LogP contribution in [0.4, 0.5) is 5.82 Å². The quantitative estimate of drug-likeness (QED) is 0.561. The Morgan fingerprint density at radius 2 is 2.31 bits per heavy atom. The molecule has 1 heterocycles. The maximum absolute atomic E-state index is 10.8. The van der Waals surface area contributed by atoms with Gasteiger partial charge in [-0.15, -0.1) is 0 Å². The number of nitrogens with zero attached hydrogens (tertiary/aromatic N) is 1. The van der Waals surface area contributed by atoms with Gasteiger partial charge in [-0.2, -0.15) is 4.98 Å². The van der Waals surface area contributed by atoms with Crippen LogP contribution in [0, 0.1) is 6.92 Å². The molecule has 0 saturated carbocycles. The molecule has 0 aliphatic rings. The van der Waals surface area contributed by atoms with Crippen LogP contribution in [0.15, 0.2) is 4.79 Å². The fourth-order valence-corrected chi connectivity index (χ4v) is 1.01. The van der Waals surface area contributed by atoms with Gasteiger partial charge < -0.3 is 15.8 Å². The van der Waals surface area contributed by atoms with Crippen molar-refractivity contribution in [3.8, 4) is 0 Å². The zero-order chi connectivity index (χ0) is 10.0. The lowest BCUT2D eigenvalue weighted by Gasteiger charge is -2.03. The first kappa shape index (κ1) is 9.24. The second-order valence-corrected chi connectivity index (χ2v) is 2.60. The molecule has 6 heteroatoms. The van der Waals surface area contributed by atoms with Crippen LogP contribution in [0.5, 0.6) is 0 Å². The van der Waals surface area contributed by atoms with Crippen LogP contribution in [0.3, 0.4) is 0 Å². The zero-order valence-corrected chi connectivity index (χ0v) is 7.00. The smallest absolute Gasteiger partial charge is 0.347 e. The zero-order valence-electron chi connectivity index (χ0n) is 7.00. The first-order valence-electron chi connectivity index (χ1n) is 3.57.